The average Bonchev–Trinajstić information content (AvgIpc) is 3.11. The van der Waals surface area contributed by atoms with Crippen LogP contribution in [0.1, 0.15) is 26.4 Å². The highest BCUT2D eigenvalue weighted by Gasteiger charge is 2.11. The second kappa shape index (κ2) is 6.11. The van der Waals surface area contributed by atoms with Crippen LogP contribution in [0.4, 0.5) is 5.13 Å². The quantitative estimate of drug-likeness (QED) is 0.805. The number of amides is 1. The maximum Gasteiger partial charge on any atom is 0.260 e. The molecule has 0 bridgehead atoms. The minimum Gasteiger partial charge on any atom is -0.298 e. The van der Waals surface area contributed by atoms with Crippen LogP contribution in [0.15, 0.2) is 42.9 Å². The largest absolute Gasteiger partial charge is 0.298 e. The monoisotopic (exact) mass is 312 g/mol. The van der Waals surface area contributed by atoms with Gasteiger partial charge in [-0.1, -0.05) is 29.8 Å². The van der Waals surface area contributed by atoms with Gasteiger partial charge in [0.1, 0.15) is 0 Å². The normalized spacial score (nSPS) is 10.6. The smallest absolute Gasteiger partial charge is 0.260 e. The number of aryl methyl sites for hydroxylation is 2. The summed E-state index contributed by atoms with van der Waals surface area (Å²) in [5.41, 5.74) is 3.01. The van der Waals surface area contributed by atoms with Crippen LogP contribution < -0.4 is 5.32 Å². The Balaban J connectivity index is 1.66. The van der Waals surface area contributed by atoms with Crippen molar-refractivity contribution in [1.82, 2.24) is 14.8 Å². The summed E-state index contributed by atoms with van der Waals surface area (Å²) < 4.78 is 1.60. The molecule has 22 heavy (non-hydrogen) atoms. The molecular weight excluding hydrogens is 296 g/mol. The predicted molar refractivity (Wildman–Crippen MR) is 87.3 cm³/mol. The molecule has 5 nitrogen and oxygen atoms in total. The molecule has 0 aliphatic rings. The number of nitrogens with one attached hydrogen (secondary N) is 1. The molecular formula is C16H16N4OS. The van der Waals surface area contributed by atoms with Gasteiger partial charge in [0.15, 0.2) is 5.13 Å². The molecule has 3 rings (SSSR count). The van der Waals surface area contributed by atoms with Crippen LogP contribution in [0.25, 0.3) is 0 Å². The van der Waals surface area contributed by atoms with E-state index in [9.17, 15) is 4.79 Å². The topological polar surface area (TPSA) is 59.8 Å². The van der Waals surface area contributed by atoms with E-state index in [1.165, 1.54) is 28.7 Å². The van der Waals surface area contributed by atoms with E-state index in [1.54, 1.807) is 17.9 Å². The second-order valence-corrected chi connectivity index (χ2v) is 6.27. The number of carbonyl (C=O) groups excluding carboxylic acids is 1. The highest BCUT2D eigenvalue weighted by molar-refractivity contribution is 7.15. The van der Waals surface area contributed by atoms with E-state index < -0.39 is 0 Å². The van der Waals surface area contributed by atoms with Crippen molar-refractivity contribution in [3.8, 4) is 0 Å². The summed E-state index contributed by atoms with van der Waals surface area (Å²) in [6.07, 6.45) is 5.84. The highest BCUT2D eigenvalue weighted by Crippen LogP contribution is 2.21. The number of thiazole rings is 1. The van der Waals surface area contributed by atoms with Crippen molar-refractivity contribution in [2.24, 2.45) is 7.05 Å². The van der Waals surface area contributed by atoms with Gasteiger partial charge in [0.05, 0.1) is 11.8 Å². The first-order valence-corrected chi connectivity index (χ1v) is 7.72. The third-order valence-electron chi connectivity index (χ3n) is 3.24. The van der Waals surface area contributed by atoms with Crippen molar-refractivity contribution in [2.75, 3.05) is 5.32 Å². The molecule has 0 aliphatic carbocycles. The average molecular weight is 312 g/mol. The lowest BCUT2D eigenvalue weighted by molar-refractivity contribution is 0.102. The third-order valence-corrected chi connectivity index (χ3v) is 4.15. The molecule has 1 amide bonds. The van der Waals surface area contributed by atoms with Gasteiger partial charge < -0.3 is 0 Å². The summed E-state index contributed by atoms with van der Waals surface area (Å²) in [4.78, 5) is 17.4. The van der Waals surface area contributed by atoms with Crippen LogP contribution >= 0.6 is 11.3 Å². The maximum atomic E-state index is 12.0. The number of hydrogen-bond acceptors (Lipinski definition) is 4. The predicted octanol–water partition coefficient (Wildman–Crippen LogP) is 3.03. The number of aromatic nitrogens is 3. The Hall–Kier alpha value is -2.47. The van der Waals surface area contributed by atoms with Crippen LogP contribution in [-0.2, 0) is 13.5 Å². The zero-order valence-electron chi connectivity index (χ0n) is 12.4. The molecule has 2 heterocycles. The van der Waals surface area contributed by atoms with Crippen LogP contribution in [-0.4, -0.2) is 20.7 Å². The van der Waals surface area contributed by atoms with Gasteiger partial charge in [-0.3, -0.25) is 14.8 Å². The first kappa shape index (κ1) is 14.5. The van der Waals surface area contributed by atoms with Gasteiger partial charge in [0.25, 0.3) is 5.91 Å². The number of carbonyl (C=O) groups is 1. The summed E-state index contributed by atoms with van der Waals surface area (Å²) in [6.45, 7) is 2.07. The fourth-order valence-corrected chi connectivity index (χ4v) is 2.90. The molecule has 0 spiro atoms. The minimum atomic E-state index is -0.190. The Kier molecular flexibility index (Phi) is 4.02. The van der Waals surface area contributed by atoms with Crippen molar-refractivity contribution in [2.45, 2.75) is 13.3 Å². The Morgan fingerprint density at radius 1 is 1.27 bits per heavy atom. The van der Waals surface area contributed by atoms with Gasteiger partial charge in [-0.15, -0.1) is 11.3 Å². The molecule has 0 aliphatic heterocycles. The van der Waals surface area contributed by atoms with E-state index in [0.29, 0.717) is 10.7 Å². The fraction of sp³-hybridized carbons (Fsp3) is 0.188. The number of benzene rings is 1. The van der Waals surface area contributed by atoms with E-state index in [4.69, 9.17) is 0 Å². The number of anilines is 1. The zero-order valence-corrected chi connectivity index (χ0v) is 13.2. The maximum absolute atomic E-state index is 12.0. The Bertz CT molecular complexity index is 789. The van der Waals surface area contributed by atoms with Crippen molar-refractivity contribution < 1.29 is 4.79 Å². The SMILES string of the molecule is Cc1ccc(Cc2cnc(NC(=O)c3cnn(C)c3)s2)cc1. The summed E-state index contributed by atoms with van der Waals surface area (Å²) >= 11 is 1.49. The highest BCUT2D eigenvalue weighted by atomic mass is 32.1. The Morgan fingerprint density at radius 3 is 2.73 bits per heavy atom. The van der Waals surface area contributed by atoms with Crippen molar-refractivity contribution in [3.63, 3.8) is 0 Å². The third kappa shape index (κ3) is 3.40. The lowest BCUT2D eigenvalue weighted by Gasteiger charge is -1.99. The van der Waals surface area contributed by atoms with E-state index in [2.05, 4.69) is 46.6 Å². The van der Waals surface area contributed by atoms with E-state index in [-0.39, 0.29) is 5.91 Å². The molecule has 0 fully saturated rings. The molecule has 2 aromatic heterocycles. The molecule has 3 aromatic rings. The van der Waals surface area contributed by atoms with Gasteiger partial charge in [0, 0.05) is 30.7 Å². The lowest BCUT2D eigenvalue weighted by atomic mass is 10.1. The van der Waals surface area contributed by atoms with Gasteiger partial charge in [-0.05, 0) is 12.5 Å². The summed E-state index contributed by atoms with van der Waals surface area (Å²) in [5.74, 6) is -0.190. The molecule has 112 valence electrons. The molecule has 0 saturated heterocycles. The Morgan fingerprint density at radius 2 is 2.05 bits per heavy atom. The minimum absolute atomic E-state index is 0.190. The first-order valence-electron chi connectivity index (χ1n) is 6.90. The fourth-order valence-electron chi connectivity index (χ4n) is 2.06. The second-order valence-electron chi connectivity index (χ2n) is 5.15. The van der Waals surface area contributed by atoms with E-state index in [1.807, 2.05) is 6.20 Å². The van der Waals surface area contributed by atoms with E-state index >= 15 is 0 Å². The standard InChI is InChI=1S/C16H16N4OS/c1-11-3-5-12(6-4-11)7-14-9-17-16(22-14)19-15(21)13-8-18-20(2)10-13/h3-6,8-10H,7H2,1-2H3,(H,17,19,21). The zero-order chi connectivity index (χ0) is 15.5. The molecule has 6 heteroatoms. The van der Waals surface area contributed by atoms with Crippen LogP contribution in [0, 0.1) is 6.92 Å². The van der Waals surface area contributed by atoms with Crippen molar-refractivity contribution >= 4 is 22.4 Å². The number of rotatable bonds is 4. The molecule has 0 atom stereocenters. The van der Waals surface area contributed by atoms with E-state index in [0.717, 1.165) is 11.3 Å². The van der Waals surface area contributed by atoms with Crippen molar-refractivity contribution in [1.29, 1.82) is 0 Å². The van der Waals surface area contributed by atoms with Crippen molar-refractivity contribution in [3.05, 3.63) is 64.4 Å². The Labute approximate surface area is 132 Å². The van der Waals surface area contributed by atoms with Gasteiger partial charge >= 0.3 is 0 Å². The number of nitrogens with zero attached hydrogens (tertiary/aromatic N) is 3. The summed E-state index contributed by atoms with van der Waals surface area (Å²) in [7, 11) is 1.78. The van der Waals surface area contributed by atoms with Crippen LogP contribution in [0.2, 0.25) is 0 Å². The number of hydrogen-bond donors (Lipinski definition) is 1. The van der Waals surface area contributed by atoms with Crippen LogP contribution in [0.3, 0.4) is 0 Å². The van der Waals surface area contributed by atoms with Gasteiger partial charge in [-0.2, -0.15) is 5.10 Å². The first-order chi connectivity index (χ1) is 10.6. The molecule has 0 unspecified atom stereocenters. The van der Waals surface area contributed by atoms with Gasteiger partial charge in [0.2, 0.25) is 0 Å². The molecule has 0 radical (unpaired) electrons. The molecule has 0 saturated carbocycles. The molecule has 1 N–H and O–H groups in total. The van der Waals surface area contributed by atoms with Crippen LogP contribution in [0.5, 0.6) is 0 Å². The molecule has 1 aromatic carbocycles. The summed E-state index contributed by atoms with van der Waals surface area (Å²) in [6, 6.07) is 8.43. The van der Waals surface area contributed by atoms with Gasteiger partial charge in [-0.25, -0.2) is 4.98 Å². The summed E-state index contributed by atoms with van der Waals surface area (Å²) in [5, 5.41) is 7.40. The lowest BCUT2D eigenvalue weighted by Crippen LogP contribution is -2.10.